The predicted octanol–water partition coefficient (Wildman–Crippen LogP) is 2.39. The Morgan fingerprint density at radius 3 is 2.71 bits per heavy atom. The van der Waals surface area contributed by atoms with Gasteiger partial charge in [0.2, 0.25) is 0 Å². The molecule has 0 aliphatic carbocycles. The Hall–Kier alpha value is -1.84. The Balaban J connectivity index is 1.57. The van der Waals surface area contributed by atoms with Crippen LogP contribution in [0.3, 0.4) is 0 Å². The Bertz CT molecular complexity index is 884. The molecule has 3 rings (SSSR count). The SMILES string of the molecule is O=C(CNC(=O)C1([As])CCOCC1)Nc1nc2ccc(OC(F)(F)F)cc2s1. The summed E-state index contributed by atoms with van der Waals surface area (Å²) in [6.07, 6.45) is -3.67. The maximum absolute atomic E-state index is 12.3. The predicted molar refractivity (Wildman–Crippen MR) is 96.4 cm³/mol. The van der Waals surface area contributed by atoms with Crippen LogP contribution in [0.2, 0.25) is 4.20 Å². The molecule has 28 heavy (non-hydrogen) atoms. The molecule has 2 N–H and O–H groups in total. The second-order valence-corrected chi connectivity index (χ2v) is 8.90. The molecule has 7 nitrogen and oxygen atoms in total. The van der Waals surface area contributed by atoms with Crippen LogP contribution in [-0.2, 0) is 14.3 Å². The van der Waals surface area contributed by atoms with Gasteiger partial charge in [0.25, 0.3) is 0 Å². The van der Waals surface area contributed by atoms with Crippen molar-refractivity contribution in [2.75, 3.05) is 25.1 Å². The summed E-state index contributed by atoms with van der Waals surface area (Å²) in [6, 6.07) is 3.71. The zero-order valence-corrected chi connectivity index (χ0v) is 17.0. The van der Waals surface area contributed by atoms with E-state index in [2.05, 4.69) is 37.2 Å². The van der Waals surface area contributed by atoms with E-state index in [1.807, 2.05) is 0 Å². The summed E-state index contributed by atoms with van der Waals surface area (Å²) >= 11 is 3.36. The molecule has 2 aromatic rings. The van der Waals surface area contributed by atoms with Crippen molar-refractivity contribution in [1.29, 1.82) is 0 Å². The number of ether oxygens (including phenoxy) is 2. The molecule has 0 unspecified atom stereocenters. The third-order valence-electron chi connectivity index (χ3n) is 3.99. The van der Waals surface area contributed by atoms with Crippen molar-refractivity contribution in [3.63, 3.8) is 0 Å². The van der Waals surface area contributed by atoms with Crippen molar-refractivity contribution in [2.24, 2.45) is 0 Å². The fourth-order valence-electron chi connectivity index (χ4n) is 2.58. The van der Waals surface area contributed by atoms with Gasteiger partial charge in [-0.05, 0) is 0 Å². The number of aromatic nitrogens is 1. The summed E-state index contributed by atoms with van der Waals surface area (Å²) in [5, 5.41) is 5.34. The van der Waals surface area contributed by atoms with E-state index in [-0.39, 0.29) is 23.3 Å². The Morgan fingerprint density at radius 2 is 2.04 bits per heavy atom. The molecule has 0 spiro atoms. The molecule has 2 amide bonds. The summed E-state index contributed by atoms with van der Waals surface area (Å²) < 4.78 is 45.8. The van der Waals surface area contributed by atoms with Crippen molar-refractivity contribution in [3.05, 3.63) is 18.2 Å². The third kappa shape index (κ3) is 5.36. The number of hydrogen-bond donors (Lipinski definition) is 2. The number of fused-ring (bicyclic) bond motifs is 1. The van der Waals surface area contributed by atoms with Gasteiger partial charge in [-0.15, -0.1) is 13.2 Å². The number of halogens is 3. The van der Waals surface area contributed by atoms with Gasteiger partial charge in [0.05, 0.1) is 0 Å². The molecule has 1 fully saturated rings. The Labute approximate surface area is 170 Å². The summed E-state index contributed by atoms with van der Waals surface area (Å²) in [5.41, 5.74) is 0.422. The fourth-order valence-corrected chi connectivity index (χ4v) is 4.04. The van der Waals surface area contributed by atoms with Crippen LogP contribution >= 0.6 is 11.3 Å². The zero-order valence-electron chi connectivity index (χ0n) is 14.3. The van der Waals surface area contributed by atoms with Crippen LogP contribution in [0.25, 0.3) is 10.2 Å². The van der Waals surface area contributed by atoms with Gasteiger partial charge in [-0.3, -0.25) is 0 Å². The van der Waals surface area contributed by atoms with Gasteiger partial charge in [-0.1, -0.05) is 0 Å². The molecule has 2 heterocycles. The molecule has 150 valence electrons. The summed E-state index contributed by atoms with van der Waals surface area (Å²) in [5.74, 6) is -1.09. The van der Waals surface area contributed by atoms with Gasteiger partial charge in [0.1, 0.15) is 0 Å². The number of nitrogens with zero attached hydrogens (tertiary/aromatic N) is 1. The summed E-state index contributed by atoms with van der Waals surface area (Å²) in [7, 11) is 0. The van der Waals surface area contributed by atoms with Gasteiger partial charge in [0.15, 0.2) is 0 Å². The molecular formula is C16H15AsF3N3O4S. The van der Waals surface area contributed by atoms with Crippen LogP contribution < -0.4 is 15.4 Å². The van der Waals surface area contributed by atoms with Crippen LogP contribution in [0.1, 0.15) is 12.8 Å². The van der Waals surface area contributed by atoms with Crippen LogP contribution in [0.5, 0.6) is 5.75 Å². The number of carbonyl (C=O) groups excluding carboxylic acids is 2. The monoisotopic (exact) mass is 477 g/mol. The number of nitrogens with one attached hydrogen (secondary N) is 2. The van der Waals surface area contributed by atoms with E-state index in [0.717, 1.165) is 17.4 Å². The molecule has 0 atom stereocenters. The molecular weight excluding hydrogens is 462 g/mol. The minimum atomic E-state index is -4.78. The third-order valence-corrected chi connectivity index (χ3v) is 6.29. The number of benzene rings is 1. The normalized spacial score (nSPS) is 16.6. The Kier molecular flexibility index (Phi) is 6.16. The zero-order chi connectivity index (χ0) is 20.4. The van der Waals surface area contributed by atoms with Gasteiger partial charge in [-0.2, -0.15) is 0 Å². The van der Waals surface area contributed by atoms with Gasteiger partial charge in [-0.25, -0.2) is 0 Å². The average molecular weight is 477 g/mol. The van der Waals surface area contributed by atoms with Crippen molar-refractivity contribution < 1.29 is 32.2 Å². The molecule has 12 heteroatoms. The number of rotatable bonds is 5. The number of alkyl halides is 3. The first kappa shape index (κ1) is 20.9. The van der Waals surface area contributed by atoms with Crippen molar-refractivity contribution in [3.8, 4) is 5.75 Å². The van der Waals surface area contributed by atoms with E-state index >= 15 is 0 Å². The van der Waals surface area contributed by atoms with E-state index in [1.54, 1.807) is 0 Å². The first-order valence-corrected chi connectivity index (χ1v) is 9.95. The second kappa shape index (κ2) is 8.26. The Morgan fingerprint density at radius 1 is 1.32 bits per heavy atom. The molecule has 2 radical (unpaired) electrons. The molecule has 1 aromatic carbocycles. The molecule has 0 bridgehead atoms. The topological polar surface area (TPSA) is 89.6 Å². The van der Waals surface area contributed by atoms with E-state index in [9.17, 15) is 22.8 Å². The second-order valence-electron chi connectivity index (χ2n) is 6.07. The van der Waals surface area contributed by atoms with Gasteiger partial charge < -0.3 is 0 Å². The number of carbonyl (C=O) groups is 2. The van der Waals surface area contributed by atoms with Crippen LogP contribution in [-0.4, -0.2) is 59.8 Å². The van der Waals surface area contributed by atoms with Crippen LogP contribution in [0, 0.1) is 0 Å². The van der Waals surface area contributed by atoms with Crippen LogP contribution in [0.4, 0.5) is 18.3 Å². The molecule has 1 aliphatic heterocycles. The molecule has 1 aliphatic rings. The van der Waals surface area contributed by atoms with Gasteiger partial charge in [0, 0.05) is 0 Å². The van der Waals surface area contributed by atoms with E-state index in [4.69, 9.17) is 4.74 Å². The van der Waals surface area contributed by atoms with E-state index in [0.29, 0.717) is 36.3 Å². The molecule has 0 saturated carbocycles. The summed E-state index contributed by atoms with van der Waals surface area (Å²) in [6.45, 7) is 0.734. The van der Waals surface area contributed by atoms with Crippen molar-refractivity contribution in [2.45, 2.75) is 23.4 Å². The molecule has 1 aromatic heterocycles. The minimum absolute atomic E-state index is 0.214. The first-order chi connectivity index (χ1) is 13.1. The van der Waals surface area contributed by atoms with E-state index in [1.165, 1.54) is 12.1 Å². The standard InChI is InChI=1S/C16H15AsF3N3O4S/c17-15(3-5-26-6-4-15)13(25)21-8-12(24)23-14-22-10-2-1-9(7-11(10)28-14)27-16(18,19)20/h1-2,7H,3-6,8H2,(H,21,25)(H,22,23,24). The molecule has 1 saturated heterocycles. The number of anilines is 1. The fraction of sp³-hybridized carbons (Fsp3) is 0.438. The van der Waals surface area contributed by atoms with Crippen molar-refractivity contribution >= 4 is 55.4 Å². The van der Waals surface area contributed by atoms with Gasteiger partial charge >= 0.3 is 157 Å². The number of hydrogen-bond acceptors (Lipinski definition) is 6. The number of thiazole rings is 1. The maximum atomic E-state index is 12.3. The average Bonchev–Trinajstić information content (AvgIpc) is 3.00. The van der Waals surface area contributed by atoms with Crippen LogP contribution in [0.15, 0.2) is 18.2 Å². The van der Waals surface area contributed by atoms with Crippen molar-refractivity contribution in [1.82, 2.24) is 10.3 Å². The first-order valence-electron chi connectivity index (χ1n) is 8.19. The van der Waals surface area contributed by atoms with E-state index < -0.39 is 16.5 Å². The quantitative estimate of drug-likeness (QED) is 0.646. The number of amides is 2. The summed E-state index contributed by atoms with van der Waals surface area (Å²) in [4.78, 5) is 28.5.